The fourth-order valence-electron chi connectivity index (χ4n) is 3.23. The number of carboxylic acids is 1. The predicted octanol–water partition coefficient (Wildman–Crippen LogP) is 2.44. The van der Waals surface area contributed by atoms with Crippen molar-refractivity contribution in [1.29, 1.82) is 0 Å². The van der Waals surface area contributed by atoms with E-state index in [1.807, 2.05) is 19.1 Å². The number of benzene rings is 1. The number of thiazole rings is 1. The molecule has 0 amide bonds. The number of nitrogens with zero attached hydrogens (tertiary/aromatic N) is 5. The molecule has 0 bridgehead atoms. The van der Waals surface area contributed by atoms with Crippen molar-refractivity contribution in [1.82, 2.24) is 19.9 Å². The van der Waals surface area contributed by atoms with Gasteiger partial charge in [-0.2, -0.15) is 0 Å². The third-order valence-electron chi connectivity index (χ3n) is 4.86. The Morgan fingerprint density at radius 2 is 1.96 bits per heavy atom. The fraction of sp³-hybridized carbons (Fsp3) is 0.368. The van der Waals surface area contributed by atoms with Gasteiger partial charge in [0.15, 0.2) is 0 Å². The van der Waals surface area contributed by atoms with Gasteiger partial charge in [0.1, 0.15) is 16.5 Å². The Balaban J connectivity index is 1.66. The van der Waals surface area contributed by atoms with E-state index in [4.69, 9.17) is 15.1 Å². The molecule has 0 saturated carbocycles. The van der Waals surface area contributed by atoms with Gasteiger partial charge in [-0.25, -0.2) is 9.97 Å². The number of aliphatic carboxylic acids is 1. The molecule has 0 atom stereocenters. The van der Waals surface area contributed by atoms with Crippen molar-refractivity contribution in [3.63, 3.8) is 0 Å². The minimum absolute atomic E-state index is 0.0215. The van der Waals surface area contributed by atoms with Gasteiger partial charge < -0.3 is 14.9 Å². The molecule has 0 unspecified atom stereocenters. The van der Waals surface area contributed by atoms with Crippen LogP contribution in [0.4, 0.5) is 5.82 Å². The maximum absolute atomic E-state index is 11.1. The van der Waals surface area contributed by atoms with Crippen LogP contribution in [0.15, 0.2) is 24.5 Å². The smallest absolute Gasteiger partial charge is 0.307 e. The summed E-state index contributed by atoms with van der Waals surface area (Å²) in [5.41, 5.74) is 3.39. The van der Waals surface area contributed by atoms with Crippen LogP contribution in [0.5, 0.6) is 0 Å². The summed E-state index contributed by atoms with van der Waals surface area (Å²) >= 11 is 1.52. The lowest BCUT2D eigenvalue weighted by molar-refractivity contribution is -0.136. The zero-order valence-corrected chi connectivity index (χ0v) is 16.2. The number of aromatic nitrogens is 3. The summed E-state index contributed by atoms with van der Waals surface area (Å²) in [5, 5.41) is 9.89. The lowest BCUT2D eigenvalue weighted by Crippen LogP contribution is -2.44. The summed E-state index contributed by atoms with van der Waals surface area (Å²) in [6, 6.07) is 3.88. The van der Waals surface area contributed by atoms with Gasteiger partial charge in [-0.1, -0.05) is 0 Å². The predicted molar refractivity (Wildman–Crippen MR) is 106 cm³/mol. The van der Waals surface area contributed by atoms with E-state index in [0.29, 0.717) is 0 Å². The van der Waals surface area contributed by atoms with Gasteiger partial charge in [-0.05, 0) is 37.2 Å². The summed E-state index contributed by atoms with van der Waals surface area (Å²) in [7, 11) is 2.13. The number of carbonyl (C=O) groups is 1. The van der Waals surface area contributed by atoms with Crippen molar-refractivity contribution in [3.8, 4) is 10.7 Å². The fourth-order valence-corrected chi connectivity index (χ4v) is 4.20. The molecule has 1 fully saturated rings. The number of anilines is 1. The van der Waals surface area contributed by atoms with Crippen LogP contribution < -0.4 is 4.90 Å². The van der Waals surface area contributed by atoms with E-state index in [1.54, 1.807) is 12.4 Å². The standard InChI is InChI=1S/C19H21N5O2S/c1-12-7-14-16(8-13(12)9-18(25)26)27-19(22-14)15-10-20-11-17(21-15)24-5-3-23(2)4-6-24/h7-8,10-11H,3-6,9H2,1-2H3,(H,25,26). The average Bonchev–Trinajstić information content (AvgIpc) is 3.05. The first-order chi connectivity index (χ1) is 13.0. The average molecular weight is 383 g/mol. The number of piperazine rings is 1. The lowest BCUT2D eigenvalue weighted by atomic mass is 10.1. The van der Waals surface area contributed by atoms with E-state index >= 15 is 0 Å². The summed E-state index contributed by atoms with van der Waals surface area (Å²) in [6.07, 6.45) is 3.56. The number of hydrogen-bond donors (Lipinski definition) is 1. The van der Waals surface area contributed by atoms with Gasteiger partial charge in [0.25, 0.3) is 0 Å². The Morgan fingerprint density at radius 1 is 1.19 bits per heavy atom. The zero-order valence-electron chi connectivity index (χ0n) is 15.3. The summed E-state index contributed by atoms with van der Waals surface area (Å²) < 4.78 is 0.971. The Labute approximate surface area is 161 Å². The third-order valence-corrected chi connectivity index (χ3v) is 5.90. The number of fused-ring (bicyclic) bond motifs is 1. The normalized spacial score (nSPS) is 15.4. The van der Waals surface area contributed by atoms with Gasteiger partial charge in [-0.3, -0.25) is 9.78 Å². The number of aryl methyl sites for hydroxylation is 1. The highest BCUT2D eigenvalue weighted by Gasteiger charge is 2.17. The van der Waals surface area contributed by atoms with Gasteiger partial charge in [0, 0.05) is 26.2 Å². The molecule has 2 aromatic heterocycles. The van der Waals surface area contributed by atoms with Gasteiger partial charge in [0.2, 0.25) is 0 Å². The maximum Gasteiger partial charge on any atom is 0.307 e. The van der Waals surface area contributed by atoms with Crippen LogP contribution >= 0.6 is 11.3 Å². The number of likely N-dealkylation sites (N-methyl/N-ethyl adjacent to an activating group) is 1. The molecule has 1 saturated heterocycles. The highest BCUT2D eigenvalue weighted by Crippen LogP contribution is 2.31. The van der Waals surface area contributed by atoms with Gasteiger partial charge >= 0.3 is 5.97 Å². The molecule has 0 spiro atoms. The quantitative estimate of drug-likeness (QED) is 0.741. The van der Waals surface area contributed by atoms with Crippen molar-refractivity contribution >= 4 is 33.3 Å². The van der Waals surface area contributed by atoms with E-state index in [9.17, 15) is 4.79 Å². The second-order valence-corrected chi connectivity index (χ2v) is 7.92. The Kier molecular flexibility index (Phi) is 4.75. The topological polar surface area (TPSA) is 82.5 Å². The maximum atomic E-state index is 11.1. The summed E-state index contributed by atoms with van der Waals surface area (Å²) in [4.78, 5) is 29.5. The van der Waals surface area contributed by atoms with Crippen LogP contribution in [-0.4, -0.2) is 64.2 Å². The van der Waals surface area contributed by atoms with E-state index < -0.39 is 5.97 Å². The van der Waals surface area contributed by atoms with Crippen molar-refractivity contribution in [2.75, 3.05) is 38.1 Å². The molecule has 140 valence electrons. The molecule has 7 nitrogen and oxygen atoms in total. The third kappa shape index (κ3) is 3.77. The van der Waals surface area contributed by atoms with Gasteiger partial charge in [-0.15, -0.1) is 11.3 Å². The van der Waals surface area contributed by atoms with Crippen molar-refractivity contribution in [2.45, 2.75) is 13.3 Å². The van der Waals surface area contributed by atoms with E-state index in [0.717, 1.165) is 64.0 Å². The number of rotatable bonds is 4. The highest BCUT2D eigenvalue weighted by atomic mass is 32.1. The van der Waals surface area contributed by atoms with E-state index in [2.05, 4.69) is 21.8 Å². The molecule has 1 aromatic carbocycles. The van der Waals surface area contributed by atoms with E-state index in [-0.39, 0.29) is 6.42 Å². The molecule has 0 radical (unpaired) electrons. The molecule has 3 heterocycles. The molecular weight excluding hydrogens is 362 g/mol. The van der Waals surface area contributed by atoms with Crippen LogP contribution in [0.25, 0.3) is 20.9 Å². The van der Waals surface area contributed by atoms with Crippen molar-refractivity contribution < 1.29 is 9.90 Å². The second-order valence-electron chi connectivity index (χ2n) is 6.89. The molecule has 4 rings (SSSR count). The van der Waals surface area contributed by atoms with Crippen LogP contribution in [0.3, 0.4) is 0 Å². The first kappa shape index (κ1) is 17.8. The molecule has 3 aromatic rings. The van der Waals surface area contributed by atoms with Crippen LogP contribution in [0.2, 0.25) is 0 Å². The molecule has 0 aliphatic carbocycles. The van der Waals surface area contributed by atoms with E-state index in [1.165, 1.54) is 11.3 Å². The molecular formula is C19H21N5O2S. The van der Waals surface area contributed by atoms with Crippen molar-refractivity contribution in [2.24, 2.45) is 0 Å². The van der Waals surface area contributed by atoms with Crippen LogP contribution in [0.1, 0.15) is 11.1 Å². The second kappa shape index (κ2) is 7.21. The van der Waals surface area contributed by atoms with Crippen molar-refractivity contribution in [3.05, 3.63) is 35.7 Å². The Morgan fingerprint density at radius 3 is 2.70 bits per heavy atom. The first-order valence-corrected chi connectivity index (χ1v) is 9.69. The molecule has 1 N–H and O–H groups in total. The first-order valence-electron chi connectivity index (χ1n) is 8.87. The summed E-state index contributed by atoms with van der Waals surface area (Å²) in [6.45, 7) is 5.82. The van der Waals surface area contributed by atoms with Crippen LogP contribution in [0, 0.1) is 6.92 Å². The SMILES string of the molecule is Cc1cc2nc(-c3cncc(N4CCN(C)CC4)n3)sc2cc1CC(=O)O. The van der Waals surface area contributed by atoms with Gasteiger partial charge in [0.05, 0.1) is 29.0 Å². The highest BCUT2D eigenvalue weighted by molar-refractivity contribution is 7.21. The monoisotopic (exact) mass is 383 g/mol. The molecule has 1 aliphatic heterocycles. The minimum atomic E-state index is -0.826. The minimum Gasteiger partial charge on any atom is -0.481 e. The summed E-state index contributed by atoms with van der Waals surface area (Å²) in [5.74, 6) is 0.0514. The Bertz CT molecular complexity index is 995. The van der Waals surface area contributed by atoms with Crippen LogP contribution in [-0.2, 0) is 11.2 Å². The molecule has 27 heavy (non-hydrogen) atoms. The zero-order chi connectivity index (χ0) is 19.0. The number of carboxylic acid groups (broad SMARTS) is 1. The molecule has 1 aliphatic rings. The molecule has 8 heteroatoms. The number of hydrogen-bond acceptors (Lipinski definition) is 7. The lowest BCUT2D eigenvalue weighted by Gasteiger charge is -2.33. The Hall–Kier alpha value is -2.58. The largest absolute Gasteiger partial charge is 0.481 e.